The summed E-state index contributed by atoms with van der Waals surface area (Å²) in [5.41, 5.74) is 2.50. The van der Waals surface area contributed by atoms with Gasteiger partial charge in [0.25, 0.3) is 0 Å². The van der Waals surface area contributed by atoms with E-state index in [2.05, 4.69) is 72.7 Å². The van der Waals surface area contributed by atoms with Crippen LogP contribution < -0.4 is 8.92 Å². The van der Waals surface area contributed by atoms with Crippen molar-refractivity contribution in [3.8, 4) is 17.2 Å². The van der Waals surface area contributed by atoms with Gasteiger partial charge in [-0.05, 0) is 24.6 Å². The van der Waals surface area contributed by atoms with E-state index in [1.807, 2.05) is 6.92 Å². The zero-order chi connectivity index (χ0) is 43.3. The molecule has 4 rings (SSSR count). The molecule has 14 nitrogen and oxygen atoms in total. The van der Waals surface area contributed by atoms with Crippen LogP contribution in [0.15, 0.2) is 31.6 Å². The molecule has 0 atom stereocenters. The van der Waals surface area contributed by atoms with Crippen LogP contribution in [0.5, 0.6) is 17.2 Å². The van der Waals surface area contributed by atoms with Crippen molar-refractivity contribution in [3.05, 3.63) is 80.1 Å². The van der Waals surface area contributed by atoms with E-state index in [1.54, 1.807) is 6.07 Å². The third-order valence-electron chi connectivity index (χ3n) is 6.74. The number of hydrogen-bond acceptors (Lipinski definition) is 14. The molecular weight excluding hydrogens is 1070 g/mol. The molecular formula is C33H35Br3Cl4O14S2. The molecule has 1 aliphatic heterocycles. The second-order valence-electron chi connectivity index (χ2n) is 10.9. The van der Waals surface area contributed by atoms with Gasteiger partial charge in [-0.15, -0.1) is 0 Å². The highest BCUT2D eigenvalue weighted by molar-refractivity contribution is 9.11. The summed E-state index contributed by atoms with van der Waals surface area (Å²) in [5, 5.41) is 18.8. The highest BCUT2D eigenvalue weighted by Gasteiger charge is 2.26. The number of phenols is 1. The highest BCUT2D eigenvalue weighted by atomic mass is 79.9. The summed E-state index contributed by atoms with van der Waals surface area (Å²) in [7, 11) is 1.30. The van der Waals surface area contributed by atoms with Crippen molar-refractivity contribution in [2.24, 2.45) is 0 Å². The Kier molecular flexibility index (Phi) is 21.8. The first-order valence-corrected chi connectivity index (χ1v) is 23.4. The van der Waals surface area contributed by atoms with Crippen LogP contribution in [0.2, 0.25) is 15.1 Å². The van der Waals surface area contributed by atoms with Crippen LogP contribution in [0, 0.1) is 0 Å². The second kappa shape index (κ2) is 23.5. The normalized spacial score (nSPS) is 11.5. The van der Waals surface area contributed by atoms with Gasteiger partial charge < -0.3 is 33.3 Å². The Balaban J connectivity index is 0.000000399. The molecule has 0 saturated carbocycles. The molecule has 3 aromatic carbocycles. The van der Waals surface area contributed by atoms with E-state index >= 15 is 0 Å². The maximum atomic E-state index is 11.6. The average Bonchev–Trinajstić information content (AvgIpc) is 3.62. The lowest BCUT2D eigenvalue weighted by atomic mass is 10.1. The smallest absolute Gasteiger partial charge is 0.339 e. The molecule has 56 heavy (non-hydrogen) atoms. The molecule has 23 heteroatoms. The molecule has 0 aromatic heterocycles. The summed E-state index contributed by atoms with van der Waals surface area (Å²) in [6.45, 7) is 2.40. The van der Waals surface area contributed by atoms with E-state index < -0.39 is 37.1 Å². The largest absolute Gasteiger partial charge is 0.506 e. The van der Waals surface area contributed by atoms with Crippen LogP contribution in [-0.2, 0) is 52.6 Å². The minimum absolute atomic E-state index is 0.0363. The lowest BCUT2D eigenvalue weighted by Crippen LogP contribution is -2.11. The third kappa shape index (κ3) is 15.6. The van der Waals surface area contributed by atoms with Gasteiger partial charge in [-0.2, -0.15) is 8.42 Å². The first-order chi connectivity index (χ1) is 25.9. The molecule has 312 valence electrons. The first kappa shape index (κ1) is 51.9. The van der Waals surface area contributed by atoms with E-state index in [-0.39, 0.29) is 45.7 Å². The van der Waals surface area contributed by atoms with Crippen molar-refractivity contribution in [1.29, 1.82) is 0 Å². The number of ether oxygens (including phenoxy) is 4. The number of carbonyl (C=O) groups excluding carboxylic acids is 3. The number of benzene rings is 3. The molecule has 0 aliphatic carbocycles. The fourth-order valence-corrected chi connectivity index (χ4v) is 7.61. The Bertz CT molecular complexity index is 2140. The predicted octanol–water partition coefficient (Wildman–Crippen LogP) is 8.32. The monoisotopic (exact) mass is 1100 g/mol. The molecule has 0 amide bonds. The summed E-state index contributed by atoms with van der Waals surface area (Å²) < 4.78 is 67.5. The lowest BCUT2D eigenvalue weighted by molar-refractivity contribution is 0.0591. The van der Waals surface area contributed by atoms with Crippen molar-refractivity contribution in [1.82, 2.24) is 0 Å². The van der Waals surface area contributed by atoms with E-state index in [1.165, 1.54) is 33.5 Å². The molecule has 0 unspecified atom stereocenters. The van der Waals surface area contributed by atoms with Crippen LogP contribution in [0.3, 0.4) is 0 Å². The number of esters is 3. The molecule has 1 aliphatic rings. The van der Waals surface area contributed by atoms with Crippen molar-refractivity contribution < 1.29 is 64.6 Å². The van der Waals surface area contributed by atoms with Gasteiger partial charge in [0, 0.05) is 60.2 Å². The number of methoxy groups -OCH3 is 3. The minimum atomic E-state index is -3.76. The van der Waals surface area contributed by atoms with Gasteiger partial charge in [-0.1, -0.05) is 95.9 Å². The van der Waals surface area contributed by atoms with E-state index in [9.17, 15) is 36.3 Å². The van der Waals surface area contributed by atoms with Gasteiger partial charge in [-0.3, -0.25) is 0 Å². The molecule has 0 fully saturated rings. The number of rotatable bonds is 9. The quantitative estimate of drug-likeness (QED) is 0.0895. The molecule has 0 saturated heterocycles. The number of aliphatic hydroxyl groups excluding tert-OH is 1. The summed E-state index contributed by atoms with van der Waals surface area (Å²) in [5.74, 6) is -1.42. The van der Waals surface area contributed by atoms with Crippen molar-refractivity contribution in [2.45, 2.75) is 32.6 Å². The van der Waals surface area contributed by atoms with E-state index in [4.69, 9.17) is 48.8 Å². The Labute approximate surface area is 368 Å². The van der Waals surface area contributed by atoms with Crippen LogP contribution in [0.25, 0.3) is 0 Å². The van der Waals surface area contributed by atoms with E-state index in [0.717, 1.165) is 35.4 Å². The Morgan fingerprint density at radius 3 is 1.62 bits per heavy atom. The minimum Gasteiger partial charge on any atom is -0.506 e. The molecule has 1 heterocycles. The molecule has 2 N–H and O–H groups in total. The van der Waals surface area contributed by atoms with Crippen molar-refractivity contribution in [2.75, 3.05) is 47.1 Å². The molecule has 3 aromatic rings. The number of phenolic OH excluding ortho intramolecular Hbond substituents is 1. The fourth-order valence-electron chi connectivity index (χ4n) is 4.42. The van der Waals surface area contributed by atoms with Crippen LogP contribution in [-0.4, -0.2) is 92.0 Å². The maximum absolute atomic E-state index is 11.6. The Hall–Kier alpha value is -2.07. The Morgan fingerprint density at radius 1 is 0.768 bits per heavy atom. The SMILES string of the molecule is CCCc1c(Br)cc(C(=O)OC)c(Cl)c1OS(C)(=O)=O.COC(=O)c1cc(Br)c(CCO)c(O)c1Cl.COC(=O)c1cc(Br)c2c(c1Cl)OCC2.CS(=O)(=O)Cl. The molecule has 0 bridgehead atoms. The van der Waals surface area contributed by atoms with Gasteiger partial charge in [-0.25, -0.2) is 22.8 Å². The number of hydrogen-bond donors (Lipinski definition) is 2. The van der Waals surface area contributed by atoms with Gasteiger partial charge >= 0.3 is 28.0 Å². The standard InChI is InChI=1S/C12H14BrClO5S.C10H10BrClO4.C10H8BrClO3.CH3ClO2S/c1-4-5-7-9(13)6-8(12(15)18-2)10(14)11(7)19-20(3,16)17;1-16-10(15)6-4-7(11)5(2-3-13)9(14)8(6)12;1-14-10(13)6-4-7(11)5-2-3-15-9(5)8(6)12;1-5(2,3)4/h6H,4-5H2,1-3H3;4,13-14H,2-3H2,1H3;4H,2-3H2,1H3;1H3. The zero-order valence-corrected chi connectivity index (χ0v) is 39.6. The van der Waals surface area contributed by atoms with Gasteiger partial charge in [0.2, 0.25) is 9.05 Å². The average molecular weight is 1100 g/mol. The Morgan fingerprint density at radius 2 is 1.20 bits per heavy atom. The summed E-state index contributed by atoms with van der Waals surface area (Å²) in [6, 6.07) is 4.62. The second-order valence-corrected chi connectivity index (χ2v) is 19.2. The first-order valence-electron chi connectivity index (χ1n) is 15.4. The molecule has 0 spiro atoms. The van der Waals surface area contributed by atoms with Gasteiger partial charge in [0.15, 0.2) is 5.75 Å². The predicted molar refractivity (Wildman–Crippen MR) is 223 cm³/mol. The summed E-state index contributed by atoms with van der Waals surface area (Å²) in [4.78, 5) is 34.4. The third-order valence-corrected chi connectivity index (χ3v) is 10.5. The maximum Gasteiger partial charge on any atom is 0.339 e. The fraction of sp³-hybridized carbons (Fsp3) is 0.364. The van der Waals surface area contributed by atoms with Crippen LogP contribution in [0.1, 0.15) is 61.1 Å². The van der Waals surface area contributed by atoms with Crippen LogP contribution in [0.4, 0.5) is 0 Å². The molecule has 0 radical (unpaired) electrons. The van der Waals surface area contributed by atoms with E-state index in [0.29, 0.717) is 49.4 Å². The number of halogens is 7. The number of fused-ring (bicyclic) bond motifs is 1. The summed E-state index contributed by atoms with van der Waals surface area (Å²) >= 11 is 27.8. The number of aliphatic hydroxyl groups is 1. The highest BCUT2D eigenvalue weighted by Crippen LogP contribution is 2.42. The topological polar surface area (TPSA) is 206 Å². The van der Waals surface area contributed by atoms with Crippen LogP contribution >= 0.6 is 93.3 Å². The van der Waals surface area contributed by atoms with Gasteiger partial charge in [0.1, 0.15) is 11.5 Å². The zero-order valence-electron chi connectivity index (χ0n) is 30.2. The summed E-state index contributed by atoms with van der Waals surface area (Å²) in [6.07, 6.45) is 4.19. The van der Waals surface area contributed by atoms with Gasteiger partial charge in [0.05, 0.1) is 72.2 Å². The number of aromatic hydroxyl groups is 1. The number of carbonyl (C=O) groups is 3. The van der Waals surface area contributed by atoms with Crippen molar-refractivity contribution in [3.63, 3.8) is 0 Å². The lowest BCUT2D eigenvalue weighted by Gasteiger charge is -2.15. The van der Waals surface area contributed by atoms with Crippen molar-refractivity contribution >= 4 is 130 Å².